The Kier molecular flexibility index (Phi) is 6.21. The number of nitrogens with one attached hydrogen (secondary N) is 1. The summed E-state index contributed by atoms with van der Waals surface area (Å²) in [6, 6.07) is 7.42. The number of thioether (sulfide) groups is 1. The van der Waals surface area contributed by atoms with Crippen LogP contribution in [0, 0.1) is 0 Å². The predicted molar refractivity (Wildman–Crippen MR) is 99.3 cm³/mol. The second-order valence-electron chi connectivity index (χ2n) is 5.40. The number of carbonyl (C=O) groups is 1. The monoisotopic (exact) mass is 369 g/mol. The molecule has 0 fully saturated rings. The number of allylic oxidation sites excluding steroid dienone is 1. The molecule has 0 aliphatic rings. The van der Waals surface area contributed by atoms with Gasteiger partial charge in [0.05, 0.1) is 12.8 Å². The number of rotatable bonds is 9. The summed E-state index contributed by atoms with van der Waals surface area (Å²) >= 11 is 1.49. The summed E-state index contributed by atoms with van der Waals surface area (Å²) in [6.45, 7) is 4.78. The largest absolute Gasteiger partial charge is 0.467 e. The Bertz CT molecular complexity index is 846. The summed E-state index contributed by atoms with van der Waals surface area (Å²) in [6.07, 6.45) is 7.23. The number of amides is 1. The van der Waals surface area contributed by atoms with Crippen LogP contribution in [0.1, 0.15) is 12.2 Å². The zero-order chi connectivity index (χ0) is 18.2. The molecular formula is C18H19N5O2S. The predicted octanol–water partition coefficient (Wildman–Crippen LogP) is 2.92. The van der Waals surface area contributed by atoms with Gasteiger partial charge in [0.2, 0.25) is 5.91 Å². The maximum absolute atomic E-state index is 11.9. The highest BCUT2D eigenvalue weighted by Gasteiger charge is 2.14. The van der Waals surface area contributed by atoms with Gasteiger partial charge in [0.15, 0.2) is 11.0 Å². The van der Waals surface area contributed by atoms with Crippen molar-refractivity contribution in [1.82, 2.24) is 25.1 Å². The summed E-state index contributed by atoms with van der Waals surface area (Å²) < 4.78 is 7.16. The molecule has 0 saturated heterocycles. The first-order chi connectivity index (χ1) is 12.8. The lowest BCUT2D eigenvalue weighted by Crippen LogP contribution is -2.22. The quantitative estimate of drug-likeness (QED) is 0.461. The van der Waals surface area contributed by atoms with Crippen LogP contribution in [0.15, 0.2) is 65.2 Å². The fourth-order valence-electron chi connectivity index (χ4n) is 2.32. The summed E-state index contributed by atoms with van der Waals surface area (Å²) in [7, 11) is 0. The van der Waals surface area contributed by atoms with Crippen LogP contribution >= 0.6 is 11.8 Å². The molecular weight excluding hydrogens is 350 g/mol. The normalized spacial score (nSPS) is 10.6. The van der Waals surface area contributed by atoms with Gasteiger partial charge in [0, 0.05) is 36.7 Å². The van der Waals surface area contributed by atoms with E-state index in [2.05, 4.69) is 27.1 Å². The molecule has 1 amide bonds. The Hall–Kier alpha value is -2.87. The molecule has 134 valence electrons. The van der Waals surface area contributed by atoms with E-state index in [1.807, 2.05) is 22.8 Å². The lowest BCUT2D eigenvalue weighted by atomic mass is 10.3. The lowest BCUT2D eigenvalue weighted by molar-refractivity contribution is -0.120. The number of nitrogens with zero attached hydrogens (tertiary/aromatic N) is 4. The van der Waals surface area contributed by atoms with Gasteiger partial charge in [-0.1, -0.05) is 17.8 Å². The Labute approximate surface area is 155 Å². The molecule has 26 heavy (non-hydrogen) atoms. The molecule has 0 radical (unpaired) electrons. The third-order valence-corrected chi connectivity index (χ3v) is 4.52. The van der Waals surface area contributed by atoms with Crippen molar-refractivity contribution in [1.29, 1.82) is 0 Å². The SMILES string of the molecule is C=CCn1c(SCCC(=O)NCc2ccco2)nnc1-c1cccnc1. The van der Waals surface area contributed by atoms with Gasteiger partial charge in [-0.3, -0.25) is 14.3 Å². The van der Waals surface area contributed by atoms with E-state index in [1.54, 1.807) is 30.8 Å². The van der Waals surface area contributed by atoms with Crippen molar-refractivity contribution in [2.24, 2.45) is 0 Å². The molecule has 1 N–H and O–H groups in total. The van der Waals surface area contributed by atoms with Gasteiger partial charge in [-0.2, -0.15) is 0 Å². The molecule has 0 aliphatic carbocycles. The summed E-state index contributed by atoms with van der Waals surface area (Å²) in [4.78, 5) is 16.1. The first kappa shape index (κ1) is 17.9. The minimum absolute atomic E-state index is 0.0313. The summed E-state index contributed by atoms with van der Waals surface area (Å²) in [5.74, 6) is 2.04. The molecule has 7 nitrogen and oxygen atoms in total. The smallest absolute Gasteiger partial charge is 0.221 e. The van der Waals surface area contributed by atoms with Crippen LogP contribution in [0.5, 0.6) is 0 Å². The Morgan fingerprint density at radius 1 is 1.35 bits per heavy atom. The van der Waals surface area contributed by atoms with Crippen molar-refractivity contribution in [3.63, 3.8) is 0 Å². The molecule has 3 heterocycles. The van der Waals surface area contributed by atoms with E-state index in [0.29, 0.717) is 25.3 Å². The highest BCUT2D eigenvalue weighted by molar-refractivity contribution is 7.99. The fraction of sp³-hybridized carbons (Fsp3) is 0.222. The molecule has 0 spiro atoms. The van der Waals surface area contributed by atoms with E-state index in [9.17, 15) is 4.79 Å². The molecule has 3 aromatic heterocycles. The summed E-state index contributed by atoms with van der Waals surface area (Å²) in [5, 5.41) is 12.1. The number of hydrogen-bond acceptors (Lipinski definition) is 6. The highest BCUT2D eigenvalue weighted by Crippen LogP contribution is 2.23. The van der Waals surface area contributed by atoms with Crippen LogP contribution in [0.2, 0.25) is 0 Å². The van der Waals surface area contributed by atoms with Crippen molar-refractivity contribution < 1.29 is 9.21 Å². The Morgan fingerprint density at radius 2 is 2.27 bits per heavy atom. The van der Waals surface area contributed by atoms with Gasteiger partial charge in [0.1, 0.15) is 5.76 Å². The van der Waals surface area contributed by atoms with Crippen molar-refractivity contribution in [3.05, 3.63) is 61.3 Å². The molecule has 3 aromatic rings. The Balaban J connectivity index is 1.56. The molecule has 0 aliphatic heterocycles. The Morgan fingerprint density at radius 3 is 3.00 bits per heavy atom. The third-order valence-electron chi connectivity index (χ3n) is 3.55. The van der Waals surface area contributed by atoms with Crippen LogP contribution in [-0.4, -0.2) is 31.4 Å². The topological polar surface area (TPSA) is 85.8 Å². The maximum atomic E-state index is 11.9. The van der Waals surface area contributed by atoms with Crippen molar-refractivity contribution in [2.45, 2.75) is 24.7 Å². The second-order valence-corrected chi connectivity index (χ2v) is 6.46. The molecule has 0 bridgehead atoms. The van der Waals surface area contributed by atoms with Crippen molar-refractivity contribution >= 4 is 17.7 Å². The van der Waals surface area contributed by atoms with Crippen LogP contribution in [0.3, 0.4) is 0 Å². The molecule has 8 heteroatoms. The van der Waals surface area contributed by atoms with Gasteiger partial charge in [-0.15, -0.1) is 16.8 Å². The second kappa shape index (κ2) is 9.00. The minimum atomic E-state index is -0.0313. The molecule has 3 rings (SSSR count). The first-order valence-corrected chi connectivity index (χ1v) is 9.13. The van der Waals surface area contributed by atoms with E-state index in [1.165, 1.54) is 11.8 Å². The fourth-order valence-corrected chi connectivity index (χ4v) is 3.21. The van der Waals surface area contributed by atoms with Gasteiger partial charge >= 0.3 is 0 Å². The average molecular weight is 369 g/mol. The zero-order valence-electron chi connectivity index (χ0n) is 14.2. The lowest BCUT2D eigenvalue weighted by Gasteiger charge is -2.07. The number of pyridine rings is 1. The van der Waals surface area contributed by atoms with Crippen LogP contribution in [0.25, 0.3) is 11.4 Å². The van der Waals surface area contributed by atoms with Crippen molar-refractivity contribution in [2.75, 3.05) is 5.75 Å². The maximum Gasteiger partial charge on any atom is 0.221 e. The third kappa shape index (κ3) is 4.60. The minimum Gasteiger partial charge on any atom is -0.467 e. The summed E-state index contributed by atoms with van der Waals surface area (Å²) in [5.41, 5.74) is 0.893. The van der Waals surface area contributed by atoms with Gasteiger partial charge in [-0.25, -0.2) is 0 Å². The standard InChI is InChI=1S/C18H19N5O2S/c1-2-9-23-17(14-5-3-8-19-12-14)21-22-18(23)26-11-7-16(24)20-13-15-6-4-10-25-15/h2-6,8,10,12H,1,7,9,11,13H2,(H,20,24). The van der Waals surface area contributed by atoms with Crippen molar-refractivity contribution in [3.8, 4) is 11.4 Å². The number of aromatic nitrogens is 4. The van der Waals surface area contributed by atoms with Crippen LogP contribution < -0.4 is 5.32 Å². The van der Waals surface area contributed by atoms with Gasteiger partial charge in [0.25, 0.3) is 0 Å². The molecule has 0 aromatic carbocycles. The molecule has 0 unspecified atom stereocenters. The zero-order valence-corrected chi connectivity index (χ0v) is 15.0. The van der Waals surface area contributed by atoms with E-state index in [-0.39, 0.29) is 5.91 Å². The first-order valence-electron chi connectivity index (χ1n) is 8.14. The van der Waals surface area contributed by atoms with E-state index in [0.717, 1.165) is 22.3 Å². The number of hydrogen-bond donors (Lipinski definition) is 1. The van der Waals surface area contributed by atoms with E-state index >= 15 is 0 Å². The average Bonchev–Trinajstić information content (AvgIpc) is 3.32. The van der Waals surface area contributed by atoms with E-state index < -0.39 is 0 Å². The molecule has 0 saturated carbocycles. The van der Waals surface area contributed by atoms with E-state index in [4.69, 9.17) is 4.42 Å². The number of carbonyl (C=O) groups excluding carboxylic acids is 1. The highest BCUT2D eigenvalue weighted by atomic mass is 32.2. The van der Waals surface area contributed by atoms with Gasteiger partial charge in [-0.05, 0) is 24.3 Å². The van der Waals surface area contributed by atoms with Crippen LogP contribution in [0.4, 0.5) is 0 Å². The number of furan rings is 1. The van der Waals surface area contributed by atoms with Gasteiger partial charge < -0.3 is 9.73 Å². The van der Waals surface area contributed by atoms with Crippen LogP contribution in [-0.2, 0) is 17.9 Å². The molecule has 0 atom stereocenters.